The van der Waals surface area contributed by atoms with E-state index >= 15 is 0 Å². The number of hydrogen-bond acceptors (Lipinski definition) is 4. The molecule has 1 fully saturated rings. The van der Waals surface area contributed by atoms with E-state index in [-0.39, 0.29) is 43.4 Å². The van der Waals surface area contributed by atoms with Gasteiger partial charge >= 0.3 is 0 Å². The van der Waals surface area contributed by atoms with Gasteiger partial charge in [0.15, 0.2) is 0 Å². The fourth-order valence-corrected chi connectivity index (χ4v) is 3.44. The summed E-state index contributed by atoms with van der Waals surface area (Å²) in [5, 5.41) is 4.04. The van der Waals surface area contributed by atoms with Gasteiger partial charge in [0.25, 0.3) is 5.91 Å². The SMILES string of the molecule is CC(C)CN1C[C@@H](OCc2cccc(F)c2)CN(C(=O)c2ccnn2C)CC1=O. The maximum Gasteiger partial charge on any atom is 0.272 e. The monoisotopic (exact) mass is 402 g/mol. The zero-order valence-electron chi connectivity index (χ0n) is 17.0. The first kappa shape index (κ1) is 21.0. The summed E-state index contributed by atoms with van der Waals surface area (Å²) in [7, 11) is 1.69. The lowest BCUT2D eigenvalue weighted by Gasteiger charge is -2.26. The summed E-state index contributed by atoms with van der Waals surface area (Å²) in [5.41, 5.74) is 1.12. The molecule has 2 aromatic rings. The molecule has 8 heteroatoms. The summed E-state index contributed by atoms with van der Waals surface area (Å²) in [6.07, 6.45) is 1.18. The Balaban J connectivity index is 1.77. The zero-order valence-corrected chi connectivity index (χ0v) is 17.0. The molecule has 0 saturated carbocycles. The summed E-state index contributed by atoms with van der Waals surface area (Å²) in [4.78, 5) is 29.0. The second kappa shape index (κ2) is 9.17. The quantitative estimate of drug-likeness (QED) is 0.742. The molecule has 1 aromatic carbocycles. The van der Waals surface area contributed by atoms with Gasteiger partial charge in [-0.3, -0.25) is 14.3 Å². The minimum atomic E-state index is -0.374. The Morgan fingerprint density at radius 2 is 2.10 bits per heavy atom. The maximum atomic E-state index is 13.4. The molecule has 156 valence electrons. The molecule has 1 aromatic heterocycles. The van der Waals surface area contributed by atoms with Gasteiger partial charge < -0.3 is 14.5 Å². The zero-order chi connectivity index (χ0) is 21.0. The Morgan fingerprint density at radius 3 is 2.76 bits per heavy atom. The first-order chi connectivity index (χ1) is 13.8. The summed E-state index contributed by atoms with van der Waals surface area (Å²) in [5.74, 6) is -0.395. The maximum absolute atomic E-state index is 13.4. The topological polar surface area (TPSA) is 67.7 Å². The molecule has 0 unspecified atom stereocenters. The first-order valence-corrected chi connectivity index (χ1v) is 9.74. The molecular weight excluding hydrogens is 375 g/mol. The molecule has 2 heterocycles. The van der Waals surface area contributed by atoms with Gasteiger partial charge in [-0.2, -0.15) is 5.10 Å². The fraction of sp³-hybridized carbons (Fsp3) is 0.476. The van der Waals surface area contributed by atoms with Crippen LogP contribution in [0.25, 0.3) is 0 Å². The number of carbonyl (C=O) groups is 2. The minimum absolute atomic E-state index is 0.00341. The average molecular weight is 402 g/mol. The molecule has 7 nitrogen and oxygen atoms in total. The van der Waals surface area contributed by atoms with Crippen molar-refractivity contribution in [3.63, 3.8) is 0 Å². The highest BCUT2D eigenvalue weighted by atomic mass is 19.1. The van der Waals surface area contributed by atoms with E-state index in [1.54, 1.807) is 36.3 Å². The van der Waals surface area contributed by atoms with Crippen molar-refractivity contribution in [2.45, 2.75) is 26.6 Å². The van der Waals surface area contributed by atoms with E-state index in [9.17, 15) is 14.0 Å². The Morgan fingerprint density at radius 1 is 1.31 bits per heavy atom. The Kier molecular flexibility index (Phi) is 6.64. The predicted octanol–water partition coefficient (Wildman–Crippen LogP) is 2.08. The van der Waals surface area contributed by atoms with E-state index in [4.69, 9.17) is 4.74 Å². The lowest BCUT2D eigenvalue weighted by atomic mass is 10.2. The van der Waals surface area contributed by atoms with Gasteiger partial charge in [-0.25, -0.2) is 4.39 Å². The molecule has 1 atom stereocenters. The number of carbonyl (C=O) groups excluding carboxylic acids is 2. The molecular formula is C21H27FN4O3. The second-order valence-corrected chi connectivity index (χ2v) is 7.78. The summed E-state index contributed by atoms with van der Waals surface area (Å²) in [6.45, 7) is 5.54. The van der Waals surface area contributed by atoms with Gasteiger partial charge in [-0.05, 0) is 29.7 Å². The van der Waals surface area contributed by atoms with Crippen molar-refractivity contribution in [2.75, 3.05) is 26.2 Å². The normalized spacial score (nSPS) is 17.7. The van der Waals surface area contributed by atoms with Crippen LogP contribution < -0.4 is 0 Å². The molecule has 1 saturated heterocycles. The number of amides is 2. The van der Waals surface area contributed by atoms with Gasteiger partial charge in [0.2, 0.25) is 5.91 Å². The van der Waals surface area contributed by atoms with Crippen LogP contribution in [0.5, 0.6) is 0 Å². The molecule has 0 aliphatic carbocycles. The van der Waals surface area contributed by atoms with Crippen LogP contribution in [0.1, 0.15) is 29.9 Å². The van der Waals surface area contributed by atoms with Crippen LogP contribution in [0, 0.1) is 11.7 Å². The fourth-order valence-electron chi connectivity index (χ4n) is 3.44. The van der Waals surface area contributed by atoms with Crippen LogP contribution in [-0.2, 0) is 23.2 Å². The minimum Gasteiger partial charge on any atom is -0.370 e. The van der Waals surface area contributed by atoms with E-state index < -0.39 is 0 Å². The number of halogens is 1. The van der Waals surface area contributed by atoms with Crippen LogP contribution in [0.4, 0.5) is 4.39 Å². The van der Waals surface area contributed by atoms with Crippen molar-refractivity contribution in [3.05, 3.63) is 53.6 Å². The van der Waals surface area contributed by atoms with E-state index in [1.165, 1.54) is 21.7 Å². The van der Waals surface area contributed by atoms with Gasteiger partial charge in [0.05, 0.1) is 12.7 Å². The standard InChI is InChI=1S/C21H27FN4O3/c1-15(2)10-25-11-18(29-14-16-5-4-6-17(22)9-16)12-26(13-20(25)27)21(28)19-7-8-23-24(19)3/h4-9,15,18H,10-14H2,1-3H3/t18-/m1/s1. The average Bonchev–Trinajstić information content (AvgIpc) is 3.02. The molecule has 29 heavy (non-hydrogen) atoms. The first-order valence-electron chi connectivity index (χ1n) is 9.74. The molecule has 0 N–H and O–H groups in total. The lowest BCUT2D eigenvalue weighted by Crippen LogP contribution is -2.41. The highest BCUT2D eigenvalue weighted by Crippen LogP contribution is 2.15. The molecule has 0 bridgehead atoms. The highest BCUT2D eigenvalue weighted by molar-refractivity contribution is 5.95. The Hall–Kier alpha value is -2.74. The van der Waals surface area contributed by atoms with Crippen LogP contribution in [0.3, 0.4) is 0 Å². The van der Waals surface area contributed by atoms with Gasteiger partial charge in [-0.15, -0.1) is 0 Å². The van der Waals surface area contributed by atoms with E-state index in [0.717, 1.165) is 0 Å². The molecule has 2 amide bonds. The Labute approximate surface area is 170 Å². The number of nitrogens with zero attached hydrogens (tertiary/aromatic N) is 4. The molecule has 3 rings (SSSR count). The van der Waals surface area contributed by atoms with Gasteiger partial charge in [0.1, 0.15) is 18.1 Å². The smallest absolute Gasteiger partial charge is 0.272 e. The number of aryl methyl sites for hydroxylation is 1. The summed E-state index contributed by atoms with van der Waals surface area (Å²) < 4.78 is 21.0. The van der Waals surface area contributed by atoms with Crippen LogP contribution in [0.15, 0.2) is 36.5 Å². The third kappa shape index (κ3) is 5.41. The van der Waals surface area contributed by atoms with Crippen molar-refractivity contribution in [2.24, 2.45) is 13.0 Å². The number of benzene rings is 1. The van der Waals surface area contributed by atoms with Crippen LogP contribution >= 0.6 is 0 Å². The third-order valence-corrected chi connectivity index (χ3v) is 4.81. The number of rotatable bonds is 6. The van der Waals surface area contributed by atoms with Crippen molar-refractivity contribution < 1.29 is 18.7 Å². The summed E-state index contributed by atoms with van der Waals surface area (Å²) in [6, 6.07) is 7.86. The molecule has 0 radical (unpaired) electrons. The van der Waals surface area contributed by atoms with Crippen molar-refractivity contribution >= 4 is 11.8 Å². The number of ether oxygens (including phenoxy) is 1. The van der Waals surface area contributed by atoms with Crippen molar-refractivity contribution in [3.8, 4) is 0 Å². The van der Waals surface area contributed by atoms with Crippen LogP contribution in [-0.4, -0.2) is 63.7 Å². The summed E-state index contributed by atoms with van der Waals surface area (Å²) >= 11 is 0. The lowest BCUT2D eigenvalue weighted by molar-refractivity contribution is -0.132. The molecule has 0 spiro atoms. The largest absolute Gasteiger partial charge is 0.370 e. The predicted molar refractivity (Wildman–Crippen MR) is 106 cm³/mol. The number of hydrogen-bond donors (Lipinski definition) is 0. The second-order valence-electron chi connectivity index (χ2n) is 7.78. The van der Waals surface area contributed by atoms with Gasteiger partial charge in [0, 0.05) is 32.9 Å². The highest BCUT2D eigenvalue weighted by Gasteiger charge is 2.32. The van der Waals surface area contributed by atoms with Crippen molar-refractivity contribution in [1.29, 1.82) is 0 Å². The van der Waals surface area contributed by atoms with E-state index in [2.05, 4.69) is 5.10 Å². The number of aromatic nitrogens is 2. The van der Waals surface area contributed by atoms with Gasteiger partial charge in [-0.1, -0.05) is 26.0 Å². The molecule has 1 aliphatic heterocycles. The van der Waals surface area contributed by atoms with Crippen LogP contribution in [0.2, 0.25) is 0 Å². The third-order valence-electron chi connectivity index (χ3n) is 4.81. The van der Waals surface area contributed by atoms with E-state index in [1.807, 2.05) is 13.8 Å². The Bertz CT molecular complexity index is 867. The van der Waals surface area contributed by atoms with Crippen molar-refractivity contribution in [1.82, 2.24) is 19.6 Å². The molecule has 1 aliphatic rings. The van der Waals surface area contributed by atoms with E-state index in [0.29, 0.717) is 30.3 Å².